The SMILES string of the molecule is O=C1c2cc(Br)ccc2CCN1CCO. The zero-order valence-corrected chi connectivity index (χ0v) is 9.83. The van der Waals surface area contributed by atoms with Gasteiger partial charge in [-0.25, -0.2) is 0 Å². The fraction of sp³-hybridized carbons (Fsp3) is 0.364. The second-order valence-electron chi connectivity index (χ2n) is 3.57. The van der Waals surface area contributed by atoms with Crippen LogP contribution in [-0.4, -0.2) is 35.6 Å². The Bertz CT molecular complexity index is 392. The lowest BCUT2D eigenvalue weighted by molar-refractivity contribution is 0.0705. The van der Waals surface area contributed by atoms with Crippen LogP contribution in [0.1, 0.15) is 15.9 Å². The number of carbonyl (C=O) groups is 1. The van der Waals surface area contributed by atoms with E-state index in [1.54, 1.807) is 4.90 Å². The van der Waals surface area contributed by atoms with E-state index in [9.17, 15) is 4.79 Å². The predicted molar refractivity (Wildman–Crippen MR) is 60.8 cm³/mol. The van der Waals surface area contributed by atoms with Gasteiger partial charge in [-0.15, -0.1) is 0 Å². The quantitative estimate of drug-likeness (QED) is 0.883. The number of rotatable bonds is 2. The molecule has 0 aromatic heterocycles. The molecule has 15 heavy (non-hydrogen) atoms. The van der Waals surface area contributed by atoms with E-state index < -0.39 is 0 Å². The number of hydrogen-bond acceptors (Lipinski definition) is 2. The number of halogens is 1. The number of nitrogens with zero attached hydrogens (tertiary/aromatic N) is 1. The topological polar surface area (TPSA) is 40.5 Å². The minimum atomic E-state index is 0.0200. The molecule has 0 unspecified atom stereocenters. The molecule has 4 heteroatoms. The van der Waals surface area contributed by atoms with Crippen molar-refractivity contribution >= 4 is 21.8 Å². The zero-order valence-electron chi connectivity index (χ0n) is 8.24. The van der Waals surface area contributed by atoms with Crippen molar-refractivity contribution < 1.29 is 9.90 Å². The lowest BCUT2D eigenvalue weighted by Gasteiger charge is -2.28. The van der Waals surface area contributed by atoms with E-state index in [2.05, 4.69) is 15.9 Å². The maximum Gasteiger partial charge on any atom is 0.254 e. The largest absolute Gasteiger partial charge is 0.395 e. The van der Waals surface area contributed by atoms with Crippen molar-refractivity contribution in [2.45, 2.75) is 6.42 Å². The summed E-state index contributed by atoms with van der Waals surface area (Å²) in [5.41, 5.74) is 1.85. The van der Waals surface area contributed by atoms with Gasteiger partial charge in [-0.3, -0.25) is 4.79 Å². The van der Waals surface area contributed by atoms with Crippen LogP contribution in [0.5, 0.6) is 0 Å². The van der Waals surface area contributed by atoms with Gasteiger partial charge in [0.05, 0.1) is 6.61 Å². The van der Waals surface area contributed by atoms with Crippen LogP contribution in [0.15, 0.2) is 22.7 Å². The van der Waals surface area contributed by atoms with Crippen molar-refractivity contribution in [3.05, 3.63) is 33.8 Å². The Labute approximate surface area is 96.8 Å². The number of benzene rings is 1. The van der Waals surface area contributed by atoms with Crippen LogP contribution in [0.4, 0.5) is 0 Å². The zero-order chi connectivity index (χ0) is 10.8. The van der Waals surface area contributed by atoms with E-state index >= 15 is 0 Å². The highest BCUT2D eigenvalue weighted by atomic mass is 79.9. The van der Waals surface area contributed by atoms with Crippen molar-refractivity contribution in [1.82, 2.24) is 4.90 Å². The number of aliphatic hydroxyl groups is 1. The third kappa shape index (κ3) is 2.06. The highest BCUT2D eigenvalue weighted by molar-refractivity contribution is 9.10. The van der Waals surface area contributed by atoms with E-state index in [1.165, 1.54) is 0 Å². The number of aliphatic hydroxyl groups excluding tert-OH is 1. The lowest BCUT2D eigenvalue weighted by atomic mass is 9.99. The Hall–Kier alpha value is -0.870. The Balaban J connectivity index is 2.32. The molecule has 0 atom stereocenters. The van der Waals surface area contributed by atoms with Gasteiger partial charge in [0.1, 0.15) is 0 Å². The Morgan fingerprint density at radius 1 is 1.47 bits per heavy atom. The summed E-state index contributed by atoms with van der Waals surface area (Å²) in [6.45, 7) is 1.15. The van der Waals surface area contributed by atoms with Gasteiger partial charge >= 0.3 is 0 Å². The smallest absolute Gasteiger partial charge is 0.254 e. The van der Waals surface area contributed by atoms with E-state index in [0.29, 0.717) is 13.1 Å². The summed E-state index contributed by atoms with van der Waals surface area (Å²) < 4.78 is 0.917. The highest BCUT2D eigenvalue weighted by Crippen LogP contribution is 2.22. The molecule has 0 fully saturated rings. The average molecular weight is 270 g/mol. The summed E-state index contributed by atoms with van der Waals surface area (Å²) in [6, 6.07) is 5.78. The molecular formula is C11H12BrNO2. The van der Waals surface area contributed by atoms with Gasteiger partial charge in [-0.2, -0.15) is 0 Å². The molecule has 1 heterocycles. The first-order chi connectivity index (χ1) is 7.22. The van der Waals surface area contributed by atoms with Gasteiger partial charge in [-0.1, -0.05) is 22.0 Å². The summed E-state index contributed by atoms with van der Waals surface area (Å²) in [5, 5.41) is 8.84. The summed E-state index contributed by atoms with van der Waals surface area (Å²) in [7, 11) is 0. The molecular weight excluding hydrogens is 258 g/mol. The molecule has 1 N–H and O–H groups in total. The van der Waals surface area contributed by atoms with Gasteiger partial charge in [0.2, 0.25) is 0 Å². The first-order valence-corrected chi connectivity index (χ1v) is 5.70. The van der Waals surface area contributed by atoms with Crippen molar-refractivity contribution in [2.24, 2.45) is 0 Å². The van der Waals surface area contributed by atoms with Crippen LogP contribution in [0.25, 0.3) is 0 Å². The second kappa shape index (κ2) is 4.33. The third-order valence-electron chi connectivity index (χ3n) is 2.61. The molecule has 0 aliphatic carbocycles. The molecule has 0 radical (unpaired) electrons. The summed E-state index contributed by atoms with van der Waals surface area (Å²) in [6.07, 6.45) is 0.869. The van der Waals surface area contributed by atoms with Gasteiger partial charge in [0, 0.05) is 23.1 Å². The summed E-state index contributed by atoms with van der Waals surface area (Å²) in [5.74, 6) is 0.0200. The van der Waals surface area contributed by atoms with E-state index in [4.69, 9.17) is 5.11 Å². The third-order valence-corrected chi connectivity index (χ3v) is 3.10. The molecule has 1 aromatic carbocycles. The normalized spacial score (nSPS) is 15.3. The number of fused-ring (bicyclic) bond motifs is 1. The number of amides is 1. The molecule has 1 aliphatic heterocycles. The molecule has 0 saturated carbocycles. The number of β-amino-alcohol motifs (C(OH)–C–C–N with tert-alkyl or cyclic N) is 1. The first-order valence-electron chi connectivity index (χ1n) is 4.91. The Kier molecular flexibility index (Phi) is 3.07. The van der Waals surface area contributed by atoms with Gasteiger partial charge in [0.25, 0.3) is 5.91 Å². The van der Waals surface area contributed by atoms with Gasteiger partial charge < -0.3 is 10.0 Å². The summed E-state index contributed by atoms with van der Waals surface area (Å²) in [4.78, 5) is 13.6. The fourth-order valence-corrected chi connectivity index (χ4v) is 2.19. The highest BCUT2D eigenvalue weighted by Gasteiger charge is 2.23. The average Bonchev–Trinajstić information content (AvgIpc) is 2.23. The van der Waals surface area contributed by atoms with Crippen molar-refractivity contribution in [3.63, 3.8) is 0 Å². The van der Waals surface area contributed by atoms with E-state index in [1.807, 2.05) is 18.2 Å². The lowest BCUT2D eigenvalue weighted by Crippen LogP contribution is -2.39. The molecule has 80 valence electrons. The standard InChI is InChI=1S/C11H12BrNO2/c12-9-2-1-8-3-4-13(5-6-14)11(15)10(8)7-9/h1-2,7,14H,3-6H2. The van der Waals surface area contributed by atoms with Crippen molar-refractivity contribution in [2.75, 3.05) is 19.7 Å². The minimum Gasteiger partial charge on any atom is -0.395 e. The van der Waals surface area contributed by atoms with Crippen LogP contribution in [0, 0.1) is 0 Å². The van der Waals surface area contributed by atoms with Crippen LogP contribution in [0.2, 0.25) is 0 Å². The number of carbonyl (C=O) groups excluding carboxylic acids is 1. The van der Waals surface area contributed by atoms with Crippen LogP contribution >= 0.6 is 15.9 Å². The van der Waals surface area contributed by atoms with E-state index in [-0.39, 0.29) is 12.5 Å². The number of hydrogen-bond donors (Lipinski definition) is 1. The van der Waals surface area contributed by atoms with Gasteiger partial charge in [0.15, 0.2) is 0 Å². The second-order valence-corrected chi connectivity index (χ2v) is 4.48. The van der Waals surface area contributed by atoms with Crippen LogP contribution < -0.4 is 0 Å². The van der Waals surface area contributed by atoms with Crippen LogP contribution in [0.3, 0.4) is 0 Å². The molecule has 1 aliphatic rings. The monoisotopic (exact) mass is 269 g/mol. The molecule has 1 aromatic rings. The van der Waals surface area contributed by atoms with E-state index in [0.717, 1.165) is 22.0 Å². The van der Waals surface area contributed by atoms with Crippen molar-refractivity contribution in [1.29, 1.82) is 0 Å². The first kappa shape index (κ1) is 10.6. The van der Waals surface area contributed by atoms with Gasteiger partial charge in [-0.05, 0) is 24.1 Å². The Morgan fingerprint density at radius 2 is 2.27 bits per heavy atom. The van der Waals surface area contributed by atoms with Crippen LogP contribution in [-0.2, 0) is 6.42 Å². The Morgan fingerprint density at radius 3 is 3.00 bits per heavy atom. The molecule has 1 amide bonds. The fourth-order valence-electron chi connectivity index (χ4n) is 1.83. The van der Waals surface area contributed by atoms with Crippen molar-refractivity contribution in [3.8, 4) is 0 Å². The molecule has 2 rings (SSSR count). The maximum atomic E-state index is 12.0. The molecule has 3 nitrogen and oxygen atoms in total. The molecule has 0 bridgehead atoms. The molecule has 0 saturated heterocycles. The predicted octanol–water partition coefficient (Wildman–Crippen LogP) is 1.44. The maximum absolute atomic E-state index is 12.0. The minimum absolute atomic E-state index is 0.0200. The summed E-state index contributed by atoms with van der Waals surface area (Å²) >= 11 is 3.36. The molecule has 0 spiro atoms.